The van der Waals surface area contributed by atoms with Gasteiger partial charge in [-0.15, -0.1) is 0 Å². The molecule has 96 valence electrons. The maximum Gasteiger partial charge on any atom is 0.159 e. The van der Waals surface area contributed by atoms with Crippen LogP contribution >= 0.6 is 21.2 Å². The fourth-order valence-electron chi connectivity index (χ4n) is 1.47. The van der Waals surface area contributed by atoms with Crippen molar-refractivity contribution in [2.45, 2.75) is 9.79 Å². The van der Waals surface area contributed by atoms with Crippen LogP contribution in [0.15, 0.2) is 52.3 Å². The Balaban J connectivity index is 2.54. The van der Waals surface area contributed by atoms with E-state index in [0.29, 0.717) is 0 Å². The molecule has 1 nitrogen and oxygen atoms in total. The van der Waals surface area contributed by atoms with Crippen LogP contribution in [-0.4, -0.2) is 4.21 Å². The Morgan fingerprint density at radius 2 is 1.56 bits per heavy atom. The van der Waals surface area contributed by atoms with Gasteiger partial charge in [0.15, 0.2) is 11.6 Å². The molecule has 0 saturated carbocycles. The van der Waals surface area contributed by atoms with Gasteiger partial charge in [0.2, 0.25) is 0 Å². The molecule has 0 unspecified atom stereocenters. The zero-order chi connectivity index (χ0) is 13.3. The molecule has 0 radical (unpaired) electrons. The Morgan fingerprint density at radius 3 is 2.17 bits per heavy atom. The van der Waals surface area contributed by atoms with Crippen LogP contribution in [-0.2, 0) is 7.10 Å². The van der Waals surface area contributed by atoms with Crippen LogP contribution < -0.4 is 0 Å². The van der Waals surface area contributed by atoms with Gasteiger partial charge in [0, 0.05) is 31.0 Å². The summed E-state index contributed by atoms with van der Waals surface area (Å²) in [5.41, 5.74) is 0. The van der Waals surface area contributed by atoms with E-state index in [4.69, 9.17) is 0 Å². The summed E-state index contributed by atoms with van der Waals surface area (Å²) < 4.78 is 51.6. The third kappa shape index (κ3) is 2.59. The molecule has 0 aliphatic rings. The van der Waals surface area contributed by atoms with E-state index in [9.17, 15) is 17.4 Å². The van der Waals surface area contributed by atoms with Gasteiger partial charge >= 0.3 is 0 Å². The van der Waals surface area contributed by atoms with E-state index in [-0.39, 0.29) is 9.79 Å². The maximum absolute atomic E-state index is 13.1. The summed E-state index contributed by atoms with van der Waals surface area (Å²) >= 11 is 1.65. The van der Waals surface area contributed by atoms with Gasteiger partial charge in [0.25, 0.3) is 0 Å². The Bertz CT molecular complexity index is 645. The monoisotopic (exact) mass is 384 g/mol. The number of hydrogen-bond acceptors (Lipinski definition) is 1. The van der Waals surface area contributed by atoms with Crippen molar-refractivity contribution in [2.75, 3.05) is 0 Å². The van der Waals surface area contributed by atoms with E-state index in [1.807, 2.05) is 0 Å². The highest BCUT2D eigenvalue weighted by Gasteiger charge is 2.19. The van der Waals surface area contributed by atoms with Crippen molar-refractivity contribution in [1.29, 1.82) is 0 Å². The Hall–Kier alpha value is -0.890. The van der Waals surface area contributed by atoms with E-state index < -0.39 is 24.6 Å². The van der Waals surface area contributed by atoms with Crippen LogP contribution in [0.2, 0.25) is 0 Å². The second-order valence-electron chi connectivity index (χ2n) is 3.61. The molecular formula is C12H8F3IOS. The summed E-state index contributed by atoms with van der Waals surface area (Å²) in [5.74, 6) is -2.60. The summed E-state index contributed by atoms with van der Waals surface area (Å²) in [6.45, 7) is 0. The molecule has 0 amide bonds. The number of hydrogen-bond donors (Lipinski definition) is 1. The minimum absolute atomic E-state index is 0.146. The second kappa shape index (κ2) is 5.00. The lowest BCUT2D eigenvalue weighted by Gasteiger charge is -2.17. The fraction of sp³-hybridized carbons (Fsp3) is 0. The first-order valence-corrected chi connectivity index (χ1v) is 9.42. The number of benzene rings is 2. The van der Waals surface area contributed by atoms with Crippen molar-refractivity contribution in [1.82, 2.24) is 0 Å². The molecule has 0 N–H and O–H groups in total. The Labute approximate surface area is 115 Å². The lowest BCUT2D eigenvalue weighted by molar-refractivity contribution is 0.505. The van der Waals surface area contributed by atoms with Gasteiger partial charge < -0.3 is 0 Å². The van der Waals surface area contributed by atoms with Crippen LogP contribution in [0.1, 0.15) is 0 Å². The molecule has 0 atom stereocenters. The van der Waals surface area contributed by atoms with Gasteiger partial charge in [0.05, 0.1) is 0 Å². The number of thiol groups is 1. The molecule has 0 aromatic heterocycles. The standard InChI is InChI=1S/C12H8F3IOS/c13-8-2-1-3-9(6-8)18(16,17)10-4-5-11(14)12(15)7-10/h1-7,18H. The molecule has 2 rings (SSSR count). The van der Waals surface area contributed by atoms with Gasteiger partial charge in [0.1, 0.15) is 5.82 Å². The van der Waals surface area contributed by atoms with Gasteiger partial charge in [-0.1, -0.05) is 6.07 Å². The topological polar surface area (TPSA) is 17.1 Å². The third-order valence-corrected chi connectivity index (χ3v) is 7.60. The van der Waals surface area contributed by atoms with E-state index in [0.717, 1.165) is 18.2 Å². The van der Waals surface area contributed by atoms with Crippen molar-refractivity contribution < 1.29 is 17.4 Å². The highest BCUT2D eigenvalue weighted by Crippen LogP contribution is 2.35. The third-order valence-electron chi connectivity index (χ3n) is 2.38. The summed E-state index contributed by atoms with van der Waals surface area (Å²) in [6.07, 6.45) is 0. The van der Waals surface area contributed by atoms with Crippen molar-refractivity contribution in [3.05, 3.63) is 59.9 Å². The van der Waals surface area contributed by atoms with Crippen LogP contribution in [0, 0.1) is 17.5 Å². The second-order valence-corrected chi connectivity index (χ2v) is 9.78. The van der Waals surface area contributed by atoms with E-state index in [1.165, 1.54) is 24.3 Å². The van der Waals surface area contributed by atoms with E-state index in [2.05, 4.69) is 0 Å². The minimum Gasteiger partial charge on any atom is -0.266 e. The Kier molecular flexibility index (Phi) is 3.76. The van der Waals surface area contributed by atoms with Gasteiger partial charge in [-0.25, -0.2) is 13.2 Å². The van der Waals surface area contributed by atoms with Gasteiger partial charge in [-0.2, -0.15) is 0 Å². The SMILES string of the molecule is O=[SH](I)(c1cccc(F)c1)c1ccc(F)c(F)c1. The Morgan fingerprint density at radius 1 is 0.889 bits per heavy atom. The molecule has 6 heteroatoms. The van der Waals surface area contributed by atoms with Crippen molar-refractivity contribution >= 4 is 28.3 Å². The van der Waals surface area contributed by atoms with Gasteiger partial charge in [-0.3, -0.25) is 4.21 Å². The maximum atomic E-state index is 13.1. The summed E-state index contributed by atoms with van der Waals surface area (Å²) in [6, 6.07) is 8.33. The molecule has 0 saturated heterocycles. The predicted molar refractivity (Wildman–Crippen MR) is 72.8 cm³/mol. The normalized spacial score (nSPS) is 12.4. The summed E-state index contributed by atoms with van der Waals surface area (Å²) in [4.78, 5) is 0.404. The van der Waals surface area contributed by atoms with Gasteiger partial charge in [-0.05, 0) is 43.5 Å². The molecule has 0 bridgehead atoms. The van der Waals surface area contributed by atoms with E-state index >= 15 is 0 Å². The van der Waals surface area contributed by atoms with Crippen LogP contribution in [0.4, 0.5) is 13.2 Å². The van der Waals surface area contributed by atoms with Crippen LogP contribution in [0.3, 0.4) is 0 Å². The first-order valence-electron chi connectivity index (χ1n) is 4.93. The first kappa shape index (κ1) is 13.5. The molecule has 0 aliphatic carbocycles. The largest absolute Gasteiger partial charge is 0.266 e. The lowest BCUT2D eigenvalue weighted by atomic mass is 10.3. The zero-order valence-electron chi connectivity index (χ0n) is 8.91. The first-order chi connectivity index (χ1) is 8.41. The van der Waals surface area contributed by atoms with Crippen molar-refractivity contribution in [3.63, 3.8) is 0 Å². The average Bonchev–Trinajstić information content (AvgIpc) is 2.32. The number of halogens is 4. The lowest BCUT2D eigenvalue weighted by Crippen LogP contribution is -2.05. The summed E-state index contributed by atoms with van der Waals surface area (Å²) in [5, 5.41) is 0. The highest BCUT2D eigenvalue weighted by atomic mass is 127. The predicted octanol–water partition coefficient (Wildman–Crippen LogP) is 3.89. The molecule has 2 aromatic rings. The molecule has 0 fully saturated rings. The zero-order valence-corrected chi connectivity index (χ0v) is 12.0. The fourth-order valence-corrected chi connectivity index (χ4v) is 4.68. The quantitative estimate of drug-likeness (QED) is 0.473. The smallest absolute Gasteiger partial charge is 0.159 e. The molecule has 0 spiro atoms. The molecular weight excluding hydrogens is 376 g/mol. The molecule has 2 aromatic carbocycles. The van der Waals surface area contributed by atoms with Crippen LogP contribution in [0.5, 0.6) is 0 Å². The number of rotatable bonds is 2. The van der Waals surface area contributed by atoms with Crippen LogP contribution in [0.25, 0.3) is 0 Å². The highest BCUT2D eigenvalue weighted by molar-refractivity contribution is 14.2. The van der Waals surface area contributed by atoms with Crippen molar-refractivity contribution in [3.8, 4) is 0 Å². The molecule has 0 aliphatic heterocycles. The minimum atomic E-state index is -3.15. The molecule has 18 heavy (non-hydrogen) atoms. The average molecular weight is 384 g/mol. The van der Waals surface area contributed by atoms with Crippen molar-refractivity contribution in [2.24, 2.45) is 0 Å². The molecule has 0 heterocycles. The summed E-state index contributed by atoms with van der Waals surface area (Å²) in [7, 11) is -3.15. The van der Waals surface area contributed by atoms with E-state index in [1.54, 1.807) is 21.2 Å².